The number of anilines is 1. The summed E-state index contributed by atoms with van der Waals surface area (Å²) in [7, 11) is 0. The van der Waals surface area contributed by atoms with E-state index in [2.05, 4.69) is 36.2 Å². The van der Waals surface area contributed by atoms with Crippen molar-refractivity contribution in [3.63, 3.8) is 0 Å². The van der Waals surface area contributed by atoms with Crippen LogP contribution in [0.1, 0.15) is 40.7 Å². The summed E-state index contributed by atoms with van der Waals surface area (Å²) >= 11 is 0. The molecule has 2 aromatic carbocycles. The van der Waals surface area contributed by atoms with E-state index in [9.17, 15) is 9.59 Å². The standard InChI is InChI=1S/C26H33N3O2/c1-18-4-6-24(7-5-18)27-25(30)10-12-28-11-8-22(16-28)26(31)29-13-9-21-14-19(2)20(3)15-23(21)17-29/h4-7,14-15,22H,8-13,16-17H2,1-3H3,(H,27,30). The van der Waals surface area contributed by atoms with Crippen LogP contribution in [0.25, 0.3) is 0 Å². The predicted molar refractivity (Wildman–Crippen MR) is 124 cm³/mol. The molecule has 31 heavy (non-hydrogen) atoms. The van der Waals surface area contributed by atoms with Gasteiger partial charge in [0.1, 0.15) is 0 Å². The van der Waals surface area contributed by atoms with Crippen LogP contribution in [0, 0.1) is 26.7 Å². The molecule has 4 rings (SSSR count). The number of nitrogens with one attached hydrogen (secondary N) is 1. The largest absolute Gasteiger partial charge is 0.338 e. The van der Waals surface area contributed by atoms with E-state index in [1.807, 2.05) is 36.1 Å². The van der Waals surface area contributed by atoms with E-state index in [0.29, 0.717) is 13.0 Å². The van der Waals surface area contributed by atoms with Crippen molar-refractivity contribution in [1.82, 2.24) is 9.80 Å². The van der Waals surface area contributed by atoms with Crippen LogP contribution >= 0.6 is 0 Å². The van der Waals surface area contributed by atoms with Crippen molar-refractivity contribution in [1.29, 1.82) is 0 Å². The number of hydrogen-bond acceptors (Lipinski definition) is 3. The van der Waals surface area contributed by atoms with E-state index in [4.69, 9.17) is 0 Å². The molecule has 1 unspecified atom stereocenters. The second kappa shape index (κ2) is 9.23. The molecule has 0 bridgehead atoms. The number of fused-ring (bicyclic) bond motifs is 1. The topological polar surface area (TPSA) is 52.7 Å². The number of likely N-dealkylation sites (tertiary alicyclic amines) is 1. The monoisotopic (exact) mass is 419 g/mol. The maximum absolute atomic E-state index is 13.1. The Bertz CT molecular complexity index is 967. The van der Waals surface area contributed by atoms with Gasteiger partial charge in [-0.15, -0.1) is 0 Å². The summed E-state index contributed by atoms with van der Waals surface area (Å²) in [6.45, 7) is 10.2. The fourth-order valence-electron chi connectivity index (χ4n) is 4.66. The lowest BCUT2D eigenvalue weighted by Crippen LogP contribution is -2.40. The maximum Gasteiger partial charge on any atom is 0.227 e. The predicted octanol–water partition coefficient (Wildman–Crippen LogP) is 3.85. The molecule has 5 heteroatoms. The smallest absolute Gasteiger partial charge is 0.227 e. The van der Waals surface area contributed by atoms with Gasteiger partial charge in [0.25, 0.3) is 0 Å². The minimum absolute atomic E-state index is 0.0249. The van der Waals surface area contributed by atoms with Gasteiger partial charge in [-0.25, -0.2) is 0 Å². The second-order valence-corrected chi connectivity index (χ2v) is 9.17. The van der Waals surface area contributed by atoms with Gasteiger partial charge >= 0.3 is 0 Å². The number of hydrogen-bond donors (Lipinski definition) is 1. The first-order valence-corrected chi connectivity index (χ1v) is 11.4. The van der Waals surface area contributed by atoms with Gasteiger partial charge in [0, 0.05) is 38.3 Å². The Labute approximate surface area is 185 Å². The van der Waals surface area contributed by atoms with E-state index < -0.39 is 0 Å². The summed E-state index contributed by atoms with van der Waals surface area (Å²) in [5.41, 5.74) is 7.32. The first kappa shape index (κ1) is 21.6. The molecule has 0 radical (unpaired) electrons. The van der Waals surface area contributed by atoms with Crippen molar-refractivity contribution in [2.75, 3.05) is 31.5 Å². The summed E-state index contributed by atoms with van der Waals surface area (Å²) in [6, 6.07) is 12.4. The Kier molecular flexibility index (Phi) is 6.42. The molecule has 1 atom stereocenters. The van der Waals surface area contributed by atoms with Crippen molar-refractivity contribution in [3.05, 3.63) is 64.2 Å². The molecule has 1 fully saturated rings. The molecule has 0 saturated carbocycles. The number of carbonyl (C=O) groups excluding carboxylic acids is 2. The fraction of sp³-hybridized carbons (Fsp3) is 0.462. The van der Waals surface area contributed by atoms with Crippen LogP contribution in [0.4, 0.5) is 5.69 Å². The second-order valence-electron chi connectivity index (χ2n) is 9.17. The average molecular weight is 420 g/mol. The highest BCUT2D eigenvalue weighted by atomic mass is 16.2. The van der Waals surface area contributed by atoms with Gasteiger partial charge in [-0.1, -0.05) is 29.8 Å². The first-order valence-electron chi connectivity index (χ1n) is 11.4. The van der Waals surface area contributed by atoms with Crippen LogP contribution < -0.4 is 5.32 Å². The summed E-state index contributed by atoms with van der Waals surface area (Å²) in [4.78, 5) is 29.7. The lowest BCUT2D eigenvalue weighted by Gasteiger charge is -2.31. The summed E-state index contributed by atoms with van der Waals surface area (Å²) in [5.74, 6) is 0.348. The molecule has 5 nitrogen and oxygen atoms in total. The number of rotatable bonds is 5. The van der Waals surface area contributed by atoms with Crippen LogP contribution in [0.3, 0.4) is 0 Å². The number of amides is 2. The Morgan fingerprint density at radius 2 is 1.71 bits per heavy atom. The third-order valence-corrected chi connectivity index (χ3v) is 6.75. The highest BCUT2D eigenvalue weighted by molar-refractivity contribution is 5.90. The fourth-order valence-corrected chi connectivity index (χ4v) is 4.66. The Morgan fingerprint density at radius 3 is 2.45 bits per heavy atom. The Hall–Kier alpha value is -2.66. The first-order chi connectivity index (χ1) is 14.9. The minimum atomic E-state index is 0.0249. The zero-order valence-corrected chi connectivity index (χ0v) is 18.9. The maximum atomic E-state index is 13.1. The third-order valence-electron chi connectivity index (χ3n) is 6.75. The van der Waals surface area contributed by atoms with E-state index in [-0.39, 0.29) is 17.7 Å². The van der Waals surface area contributed by atoms with Gasteiger partial charge in [0.05, 0.1) is 5.92 Å². The molecule has 2 amide bonds. The van der Waals surface area contributed by atoms with Crippen molar-refractivity contribution >= 4 is 17.5 Å². The molecule has 1 N–H and O–H groups in total. The summed E-state index contributed by atoms with van der Waals surface area (Å²) < 4.78 is 0. The van der Waals surface area contributed by atoms with Gasteiger partial charge < -0.3 is 15.1 Å². The Balaban J connectivity index is 1.25. The SMILES string of the molecule is Cc1ccc(NC(=O)CCN2CCC(C(=O)N3CCc4cc(C)c(C)cc4C3)C2)cc1. The van der Waals surface area contributed by atoms with Crippen LogP contribution in [0.5, 0.6) is 0 Å². The van der Waals surface area contributed by atoms with Crippen molar-refractivity contribution < 1.29 is 9.59 Å². The molecule has 0 aliphatic carbocycles. The van der Waals surface area contributed by atoms with Crippen molar-refractivity contribution in [3.8, 4) is 0 Å². The molecular weight excluding hydrogens is 386 g/mol. The number of aryl methyl sites for hydroxylation is 3. The lowest BCUT2D eigenvalue weighted by atomic mass is 9.94. The molecule has 2 heterocycles. The number of carbonyl (C=O) groups is 2. The van der Waals surface area contributed by atoms with Gasteiger partial charge in [-0.05, 0) is 74.5 Å². The normalized spacial score (nSPS) is 18.7. The minimum Gasteiger partial charge on any atom is -0.338 e. The number of nitrogens with zero attached hydrogens (tertiary/aromatic N) is 2. The molecule has 2 aliphatic heterocycles. The van der Waals surface area contributed by atoms with Crippen molar-refractivity contribution in [2.24, 2.45) is 5.92 Å². The molecule has 0 aromatic heterocycles. The quantitative estimate of drug-likeness (QED) is 0.801. The highest BCUT2D eigenvalue weighted by Gasteiger charge is 2.32. The van der Waals surface area contributed by atoms with Crippen molar-refractivity contribution in [2.45, 2.75) is 46.6 Å². The van der Waals surface area contributed by atoms with Crippen LogP contribution in [-0.4, -0.2) is 47.8 Å². The van der Waals surface area contributed by atoms with Crippen LogP contribution in [-0.2, 0) is 22.6 Å². The Morgan fingerprint density at radius 1 is 1.00 bits per heavy atom. The van der Waals surface area contributed by atoms with E-state index >= 15 is 0 Å². The van der Waals surface area contributed by atoms with Gasteiger partial charge in [0.2, 0.25) is 11.8 Å². The van der Waals surface area contributed by atoms with E-state index in [0.717, 1.165) is 44.7 Å². The zero-order chi connectivity index (χ0) is 22.0. The molecular formula is C26H33N3O2. The van der Waals surface area contributed by atoms with Crippen LogP contribution in [0.15, 0.2) is 36.4 Å². The molecule has 1 saturated heterocycles. The molecule has 2 aromatic rings. The van der Waals surface area contributed by atoms with E-state index in [1.54, 1.807) is 0 Å². The molecule has 2 aliphatic rings. The third kappa shape index (κ3) is 5.16. The number of benzene rings is 2. The molecule has 164 valence electrons. The lowest BCUT2D eigenvalue weighted by molar-refractivity contribution is -0.136. The van der Waals surface area contributed by atoms with Crippen LogP contribution in [0.2, 0.25) is 0 Å². The zero-order valence-electron chi connectivity index (χ0n) is 18.9. The summed E-state index contributed by atoms with van der Waals surface area (Å²) in [6.07, 6.45) is 2.27. The highest BCUT2D eigenvalue weighted by Crippen LogP contribution is 2.26. The average Bonchev–Trinajstić information content (AvgIpc) is 3.23. The van der Waals surface area contributed by atoms with Gasteiger partial charge in [0.15, 0.2) is 0 Å². The van der Waals surface area contributed by atoms with E-state index in [1.165, 1.54) is 27.8 Å². The molecule has 0 spiro atoms. The van der Waals surface area contributed by atoms with Gasteiger partial charge in [-0.2, -0.15) is 0 Å². The summed E-state index contributed by atoms with van der Waals surface area (Å²) in [5, 5.41) is 2.96. The van der Waals surface area contributed by atoms with Gasteiger partial charge in [-0.3, -0.25) is 9.59 Å².